The Bertz CT molecular complexity index is 1730. The summed E-state index contributed by atoms with van der Waals surface area (Å²) >= 11 is 4.78. The second-order valence-electron chi connectivity index (χ2n) is 8.54. The molecule has 1 atom stereocenters. The van der Waals surface area contributed by atoms with E-state index in [4.69, 9.17) is 9.15 Å². The third-order valence-corrected chi connectivity index (χ3v) is 7.63. The Morgan fingerprint density at radius 3 is 2.65 bits per heavy atom. The number of benzene rings is 2. The summed E-state index contributed by atoms with van der Waals surface area (Å²) in [7, 11) is 0. The van der Waals surface area contributed by atoms with Crippen LogP contribution in [0.2, 0.25) is 0 Å². The molecule has 37 heavy (non-hydrogen) atoms. The predicted molar refractivity (Wildman–Crippen MR) is 143 cm³/mol. The number of halogens is 2. The van der Waals surface area contributed by atoms with E-state index >= 15 is 0 Å². The second kappa shape index (κ2) is 10.1. The van der Waals surface area contributed by atoms with Crippen LogP contribution in [0.5, 0.6) is 0 Å². The van der Waals surface area contributed by atoms with Gasteiger partial charge in [-0.15, -0.1) is 0 Å². The highest BCUT2D eigenvalue weighted by Gasteiger charge is 2.33. The number of carbonyl (C=O) groups is 1. The minimum Gasteiger partial charge on any atom is -0.463 e. The van der Waals surface area contributed by atoms with E-state index in [9.17, 15) is 14.0 Å². The van der Waals surface area contributed by atoms with Gasteiger partial charge in [-0.25, -0.2) is 14.2 Å². The molecule has 0 saturated heterocycles. The first-order chi connectivity index (χ1) is 17.8. The van der Waals surface area contributed by atoms with Crippen LogP contribution in [0.3, 0.4) is 0 Å². The summed E-state index contributed by atoms with van der Waals surface area (Å²) in [6, 6.07) is 14.6. The Morgan fingerprint density at radius 1 is 1.19 bits per heavy atom. The van der Waals surface area contributed by atoms with Gasteiger partial charge in [0.15, 0.2) is 4.80 Å². The van der Waals surface area contributed by atoms with Crippen molar-refractivity contribution in [1.29, 1.82) is 0 Å². The molecule has 1 aliphatic rings. The zero-order valence-corrected chi connectivity index (χ0v) is 22.7. The Kier molecular flexibility index (Phi) is 6.83. The molecule has 1 unspecified atom stereocenters. The fourth-order valence-corrected chi connectivity index (χ4v) is 5.99. The monoisotopic (exact) mass is 580 g/mol. The quantitative estimate of drug-likeness (QED) is 0.301. The van der Waals surface area contributed by atoms with Crippen molar-refractivity contribution in [3.05, 3.63) is 113 Å². The Morgan fingerprint density at radius 2 is 1.95 bits per heavy atom. The van der Waals surface area contributed by atoms with Gasteiger partial charge in [-0.3, -0.25) is 9.36 Å². The first kappa shape index (κ1) is 25.1. The van der Waals surface area contributed by atoms with Crippen LogP contribution >= 0.6 is 27.3 Å². The maximum atomic E-state index is 13.7. The standard InChI is InChI=1S/C28H22BrFN2O4S/c1-4-35-27(34)24-16(3)31-28-32(25(24)17-6-8-18(30)9-7-17)26(33)23(37-28)14-19-10-12-22(36-19)20-11-5-15(2)13-21(20)29/h5-14,25H,4H2,1-3H3/b23-14-. The average molecular weight is 581 g/mol. The first-order valence-corrected chi connectivity index (χ1v) is 13.2. The molecule has 3 heterocycles. The number of rotatable bonds is 5. The number of hydrogen-bond acceptors (Lipinski definition) is 6. The number of esters is 1. The third-order valence-electron chi connectivity index (χ3n) is 5.99. The minimum atomic E-state index is -0.797. The number of fused-ring (bicyclic) bond motifs is 1. The number of ether oxygens (including phenoxy) is 1. The van der Waals surface area contributed by atoms with Crippen molar-refractivity contribution in [2.24, 2.45) is 4.99 Å². The summed E-state index contributed by atoms with van der Waals surface area (Å²) in [4.78, 5) is 31.5. The maximum absolute atomic E-state index is 13.7. The Hall–Kier alpha value is -3.56. The van der Waals surface area contributed by atoms with Crippen LogP contribution in [-0.2, 0) is 9.53 Å². The summed E-state index contributed by atoms with van der Waals surface area (Å²) in [6.45, 7) is 5.60. The highest BCUT2D eigenvalue weighted by molar-refractivity contribution is 9.10. The topological polar surface area (TPSA) is 73.8 Å². The van der Waals surface area contributed by atoms with Gasteiger partial charge in [0.05, 0.1) is 28.5 Å². The highest BCUT2D eigenvalue weighted by atomic mass is 79.9. The molecule has 0 aliphatic carbocycles. The lowest BCUT2D eigenvalue weighted by molar-refractivity contribution is -0.139. The average Bonchev–Trinajstić information content (AvgIpc) is 3.43. The van der Waals surface area contributed by atoms with Crippen LogP contribution in [-0.4, -0.2) is 17.1 Å². The zero-order valence-electron chi connectivity index (χ0n) is 20.2. The van der Waals surface area contributed by atoms with Crippen molar-refractivity contribution >= 4 is 39.3 Å². The molecule has 0 N–H and O–H groups in total. The molecule has 0 fully saturated rings. The van der Waals surface area contributed by atoms with Gasteiger partial charge in [-0.1, -0.05) is 45.5 Å². The van der Waals surface area contributed by atoms with Crippen LogP contribution in [0.1, 0.15) is 36.8 Å². The van der Waals surface area contributed by atoms with E-state index in [0.29, 0.717) is 32.1 Å². The molecule has 0 radical (unpaired) electrons. The van der Waals surface area contributed by atoms with Crippen molar-refractivity contribution in [3.8, 4) is 11.3 Å². The third kappa shape index (κ3) is 4.76. The largest absolute Gasteiger partial charge is 0.463 e. The fraction of sp³-hybridized carbons (Fsp3) is 0.179. The molecule has 5 rings (SSSR count). The van der Waals surface area contributed by atoms with E-state index in [1.165, 1.54) is 28.0 Å². The van der Waals surface area contributed by atoms with Crippen molar-refractivity contribution in [3.63, 3.8) is 0 Å². The smallest absolute Gasteiger partial charge is 0.338 e. The molecule has 1 aliphatic heterocycles. The summed E-state index contributed by atoms with van der Waals surface area (Å²) in [5.41, 5.74) is 2.97. The number of hydrogen-bond donors (Lipinski definition) is 0. The lowest BCUT2D eigenvalue weighted by Crippen LogP contribution is -2.39. The van der Waals surface area contributed by atoms with Gasteiger partial charge in [-0.05, 0) is 68.3 Å². The van der Waals surface area contributed by atoms with Crippen LogP contribution in [0, 0.1) is 12.7 Å². The molecule has 0 amide bonds. The number of aromatic nitrogens is 1. The number of allylic oxidation sites excluding steroid dienone is 1. The highest BCUT2D eigenvalue weighted by Crippen LogP contribution is 2.32. The normalized spacial score (nSPS) is 15.5. The molecular weight excluding hydrogens is 559 g/mol. The van der Waals surface area contributed by atoms with Crippen molar-refractivity contribution in [2.75, 3.05) is 6.61 Å². The molecule has 9 heteroatoms. The number of thiazole rings is 1. The van der Waals surface area contributed by atoms with Gasteiger partial charge in [-0.2, -0.15) is 0 Å². The number of nitrogens with zero attached hydrogens (tertiary/aromatic N) is 2. The van der Waals surface area contributed by atoms with Gasteiger partial charge in [0.1, 0.15) is 17.3 Å². The summed E-state index contributed by atoms with van der Waals surface area (Å²) in [5, 5.41) is 0. The molecule has 4 aromatic rings. The Labute approximate surface area is 224 Å². The molecule has 0 saturated carbocycles. The molecule has 0 bridgehead atoms. The van der Waals surface area contributed by atoms with Gasteiger partial charge >= 0.3 is 5.97 Å². The van der Waals surface area contributed by atoms with E-state index in [0.717, 1.165) is 15.6 Å². The summed E-state index contributed by atoms with van der Waals surface area (Å²) < 4.78 is 27.8. The van der Waals surface area contributed by atoms with Gasteiger partial charge in [0.25, 0.3) is 5.56 Å². The van der Waals surface area contributed by atoms with Crippen LogP contribution < -0.4 is 14.9 Å². The summed E-state index contributed by atoms with van der Waals surface area (Å²) in [6.07, 6.45) is 1.67. The van der Waals surface area contributed by atoms with Gasteiger partial charge < -0.3 is 9.15 Å². The lowest BCUT2D eigenvalue weighted by Gasteiger charge is -2.24. The molecular formula is C28H22BrFN2O4S. The van der Waals surface area contributed by atoms with Crippen molar-refractivity contribution in [1.82, 2.24) is 4.57 Å². The van der Waals surface area contributed by atoms with Gasteiger partial charge in [0.2, 0.25) is 0 Å². The van der Waals surface area contributed by atoms with Gasteiger partial charge in [0, 0.05) is 16.1 Å². The SMILES string of the molecule is CCOC(=O)C1=C(C)N=c2s/c(=C\c3ccc(-c4ccc(C)cc4Br)o3)c(=O)n2C1c1ccc(F)cc1. The Balaban J connectivity index is 1.63. The van der Waals surface area contributed by atoms with Crippen molar-refractivity contribution in [2.45, 2.75) is 26.8 Å². The van der Waals surface area contributed by atoms with E-state index in [-0.39, 0.29) is 17.7 Å². The van der Waals surface area contributed by atoms with E-state index in [1.807, 2.05) is 31.2 Å². The number of furan rings is 1. The van der Waals surface area contributed by atoms with Crippen LogP contribution in [0.25, 0.3) is 17.4 Å². The summed E-state index contributed by atoms with van der Waals surface area (Å²) in [5.74, 6) is 0.193. The number of aryl methyl sites for hydroxylation is 1. The molecule has 188 valence electrons. The molecule has 6 nitrogen and oxygen atoms in total. The maximum Gasteiger partial charge on any atom is 0.338 e. The fourth-order valence-electron chi connectivity index (χ4n) is 4.28. The van der Waals surface area contributed by atoms with Crippen LogP contribution in [0.4, 0.5) is 4.39 Å². The predicted octanol–water partition coefficient (Wildman–Crippen LogP) is 5.27. The van der Waals surface area contributed by atoms with E-state index in [2.05, 4.69) is 20.9 Å². The van der Waals surface area contributed by atoms with Crippen LogP contribution in [0.15, 0.2) is 84.5 Å². The minimum absolute atomic E-state index is 0.175. The van der Waals surface area contributed by atoms with E-state index < -0.39 is 17.8 Å². The molecule has 2 aromatic heterocycles. The second-order valence-corrected chi connectivity index (χ2v) is 10.4. The molecule has 0 spiro atoms. The van der Waals surface area contributed by atoms with Crippen molar-refractivity contribution < 1.29 is 18.3 Å². The lowest BCUT2D eigenvalue weighted by atomic mass is 9.96. The van der Waals surface area contributed by atoms with E-state index in [1.54, 1.807) is 38.1 Å². The molecule has 2 aromatic carbocycles. The first-order valence-electron chi connectivity index (χ1n) is 11.6. The number of carbonyl (C=O) groups excluding carboxylic acids is 1. The zero-order chi connectivity index (χ0) is 26.3.